The molecule has 0 bridgehead atoms. The molecule has 1 amide bonds. The molecule has 6 heteroatoms. The maximum Gasteiger partial charge on any atom is 0.255 e. The van der Waals surface area contributed by atoms with Crippen molar-refractivity contribution in [1.82, 2.24) is 10.2 Å². The van der Waals surface area contributed by atoms with Gasteiger partial charge in [-0.05, 0) is 36.4 Å². The van der Waals surface area contributed by atoms with Crippen LogP contribution in [-0.2, 0) is 0 Å². The molecule has 1 heterocycles. The standard InChI is InChI=1S/C14H11ClN4O/c15-10-3-9(4-11(16)5-10)14(20)18-12-2-1-8-7-17-19-13(8)6-12/h1-7H,16H2,(H,17,19)(H,18,20). The van der Waals surface area contributed by atoms with Crippen molar-refractivity contribution < 1.29 is 4.79 Å². The quantitative estimate of drug-likeness (QED) is 0.633. The van der Waals surface area contributed by atoms with Crippen LogP contribution in [0.4, 0.5) is 11.4 Å². The lowest BCUT2D eigenvalue weighted by Gasteiger charge is -2.06. The number of nitrogens with one attached hydrogen (secondary N) is 2. The first kappa shape index (κ1) is 12.5. The summed E-state index contributed by atoms with van der Waals surface area (Å²) in [5.74, 6) is -0.266. The number of H-pyrrole nitrogens is 1. The molecular formula is C14H11ClN4O. The molecule has 0 saturated heterocycles. The molecule has 100 valence electrons. The molecule has 0 aliphatic rings. The number of nitrogens with zero attached hydrogens (tertiary/aromatic N) is 1. The Balaban J connectivity index is 1.87. The van der Waals surface area contributed by atoms with E-state index in [2.05, 4.69) is 15.5 Å². The molecule has 0 atom stereocenters. The van der Waals surface area contributed by atoms with Gasteiger partial charge < -0.3 is 11.1 Å². The second-order valence-corrected chi connectivity index (χ2v) is 4.84. The molecule has 2 aromatic carbocycles. The van der Waals surface area contributed by atoms with E-state index in [1.54, 1.807) is 24.4 Å². The summed E-state index contributed by atoms with van der Waals surface area (Å²) in [7, 11) is 0. The third kappa shape index (κ3) is 2.44. The topological polar surface area (TPSA) is 83.8 Å². The van der Waals surface area contributed by atoms with Crippen molar-refractivity contribution in [2.24, 2.45) is 0 Å². The summed E-state index contributed by atoms with van der Waals surface area (Å²) >= 11 is 5.89. The summed E-state index contributed by atoms with van der Waals surface area (Å²) in [6, 6.07) is 10.2. The molecule has 0 aliphatic carbocycles. The first-order valence-electron chi connectivity index (χ1n) is 5.92. The molecule has 3 aromatic rings. The Morgan fingerprint density at radius 1 is 1.25 bits per heavy atom. The maximum absolute atomic E-state index is 12.1. The number of anilines is 2. The van der Waals surface area contributed by atoms with Crippen molar-refractivity contribution >= 4 is 39.8 Å². The molecule has 3 rings (SSSR count). The minimum Gasteiger partial charge on any atom is -0.399 e. The highest BCUT2D eigenvalue weighted by molar-refractivity contribution is 6.31. The number of nitrogen functional groups attached to an aromatic ring is 1. The van der Waals surface area contributed by atoms with Gasteiger partial charge in [-0.2, -0.15) is 5.10 Å². The summed E-state index contributed by atoms with van der Waals surface area (Å²) in [5.41, 5.74) is 8.07. The number of fused-ring (bicyclic) bond motifs is 1. The largest absolute Gasteiger partial charge is 0.399 e. The van der Waals surface area contributed by atoms with Crippen LogP contribution >= 0.6 is 11.6 Å². The summed E-state index contributed by atoms with van der Waals surface area (Å²) < 4.78 is 0. The summed E-state index contributed by atoms with van der Waals surface area (Å²) in [4.78, 5) is 12.1. The molecule has 0 saturated carbocycles. The fourth-order valence-corrected chi connectivity index (χ4v) is 2.21. The number of carbonyl (C=O) groups is 1. The maximum atomic E-state index is 12.1. The van der Waals surface area contributed by atoms with E-state index in [1.165, 1.54) is 0 Å². The van der Waals surface area contributed by atoms with Crippen molar-refractivity contribution in [2.75, 3.05) is 11.1 Å². The Kier molecular flexibility index (Phi) is 3.04. The number of aromatic amines is 1. The van der Waals surface area contributed by atoms with E-state index in [-0.39, 0.29) is 5.91 Å². The molecule has 0 aliphatic heterocycles. The summed E-state index contributed by atoms with van der Waals surface area (Å²) in [6.07, 6.45) is 1.72. The number of halogens is 1. The van der Waals surface area contributed by atoms with Crippen LogP contribution in [0.25, 0.3) is 10.9 Å². The number of amides is 1. The predicted octanol–water partition coefficient (Wildman–Crippen LogP) is 3.05. The van der Waals surface area contributed by atoms with Gasteiger partial charge in [0.15, 0.2) is 0 Å². The van der Waals surface area contributed by atoms with Gasteiger partial charge >= 0.3 is 0 Å². The zero-order chi connectivity index (χ0) is 14.1. The van der Waals surface area contributed by atoms with Crippen LogP contribution in [0.5, 0.6) is 0 Å². The fraction of sp³-hybridized carbons (Fsp3) is 0. The van der Waals surface area contributed by atoms with E-state index in [1.807, 2.05) is 18.2 Å². The van der Waals surface area contributed by atoms with Gasteiger partial charge in [0, 0.05) is 27.3 Å². The van der Waals surface area contributed by atoms with Gasteiger partial charge in [0.2, 0.25) is 0 Å². The number of rotatable bonds is 2. The number of carbonyl (C=O) groups excluding carboxylic acids is 1. The first-order chi connectivity index (χ1) is 9.61. The smallest absolute Gasteiger partial charge is 0.255 e. The van der Waals surface area contributed by atoms with Gasteiger partial charge in [-0.3, -0.25) is 9.89 Å². The summed E-state index contributed by atoms with van der Waals surface area (Å²) in [5, 5.41) is 11.0. The zero-order valence-electron chi connectivity index (χ0n) is 10.4. The highest BCUT2D eigenvalue weighted by Crippen LogP contribution is 2.20. The number of nitrogens with two attached hydrogens (primary N) is 1. The Labute approximate surface area is 119 Å². The fourth-order valence-electron chi connectivity index (χ4n) is 1.96. The lowest BCUT2D eigenvalue weighted by atomic mass is 10.1. The summed E-state index contributed by atoms with van der Waals surface area (Å²) in [6.45, 7) is 0. The average Bonchev–Trinajstić information content (AvgIpc) is 2.85. The lowest BCUT2D eigenvalue weighted by molar-refractivity contribution is 0.102. The van der Waals surface area contributed by atoms with E-state index >= 15 is 0 Å². The minimum absolute atomic E-state index is 0.266. The van der Waals surface area contributed by atoms with Gasteiger partial charge in [0.05, 0.1) is 11.7 Å². The van der Waals surface area contributed by atoms with Crippen LogP contribution in [0.2, 0.25) is 5.02 Å². The predicted molar refractivity (Wildman–Crippen MR) is 79.9 cm³/mol. The number of hydrogen-bond donors (Lipinski definition) is 3. The van der Waals surface area contributed by atoms with Crippen molar-refractivity contribution in [2.45, 2.75) is 0 Å². The van der Waals surface area contributed by atoms with Crippen molar-refractivity contribution in [1.29, 1.82) is 0 Å². The van der Waals surface area contributed by atoms with Crippen LogP contribution in [0, 0.1) is 0 Å². The molecule has 0 unspecified atom stereocenters. The highest BCUT2D eigenvalue weighted by Gasteiger charge is 2.08. The highest BCUT2D eigenvalue weighted by atomic mass is 35.5. The van der Waals surface area contributed by atoms with Crippen LogP contribution < -0.4 is 11.1 Å². The van der Waals surface area contributed by atoms with Gasteiger partial charge in [0.25, 0.3) is 5.91 Å². The molecule has 5 nitrogen and oxygen atoms in total. The number of benzene rings is 2. The number of aromatic nitrogens is 2. The molecule has 0 fully saturated rings. The van der Waals surface area contributed by atoms with E-state index in [0.29, 0.717) is 22.0 Å². The normalized spacial score (nSPS) is 10.7. The second-order valence-electron chi connectivity index (χ2n) is 4.40. The van der Waals surface area contributed by atoms with Crippen molar-refractivity contribution in [3.8, 4) is 0 Å². The third-order valence-electron chi connectivity index (χ3n) is 2.88. The molecule has 0 spiro atoms. The van der Waals surface area contributed by atoms with Crippen molar-refractivity contribution in [3.05, 3.63) is 53.2 Å². The van der Waals surface area contributed by atoms with Gasteiger partial charge in [0.1, 0.15) is 0 Å². The first-order valence-corrected chi connectivity index (χ1v) is 6.30. The molecule has 0 radical (unpaired) electrons. The number of hydrogen-bond acceptors (Lipinski definition) is 3. The average molecular weight is 287 g/mol. The second kappa shape index (κ2) is 4.86. The SMILES string of the molecule is Nc1cc(Cl)cc(C(=O)Nc2ccc3cn[nH]c3c2)c1. The van der Waals surface area contributed by atoms with E-state index in [0.717, 1.165) is 10.9 Å². The molecular weight excluding hydrogens is 276 g/mol. The van der Waals surface area contributed by atoms with E-state index in [9.17, 15) is 4.79 Å². The van der Waals surface area contributed by atoms with Gasteiger partial charge in [-0.1, -0.05) is 11.6 Å². The molecule has 20 heavy (non-hydrogen) atoms. The Morgan fingerprint density at radius 3 is 2.90 bits per heavy atom. The van der Waals surface area contributed by atoms with Gasteiger partial charge in [-0.15, -0.1) is 0 Å². The monoisotopic (exact) mass is 286 g/mol. The Hall–Kier alpha value is -2.53. The minimum atomic E-state index is -0.266. The van der Waals surface area contributed by atoms with Crippen LogP contribution in [0.15, 0.2) is 42.6 Å². The van der Waals surface area contributed by atoms with Crippen LogP contribution in [0.3, 0.4) is 0 Å². The van der Waals surface area contributed by atoms with E-state index in [4.69, 9.17) is 17.3 Å². The van der Waals surface area contributed by atoms with Crippen LogP contribution in [-0.4, -0.2) is 16.1 Å². The van der Waals surface area contributed by atoms with E-state index < -0.39 is 0 Å². The lowest BCUT2D eigenvalue weighted by Crippen LogP contribution is -2.12. The van der Waals surface area contributed by atoms with Crippen molar-refractivity contribution in [3.63, 3.8) is 0 Å². The molecule has 4 N–H and O–H groups in total. The van der Waals surface area contributed by atoms with Crippen LogP contribution in [0.1, 0.15) is 10.4 Å². The Bertz CT molecular complexity index is 776. The van der Waals surface area contributed by atoms with Gasteiger partial charge in [-0.25, -0.2) is 0 Å². The third-order valence-corrected chi connectivity index (χ3v) is 3.10. The zero-order valence-corrected chi connectivity index (χ0v) is 11.1. The molecule has 1 aromatic heterocycles. The Morgan fingerprint density at radius 2 is 2.10 bits per heavy atom.